The number of amides is 2. The number of aliphatic imine (C=N–C) groups is 1. The van der Waals surface area contributed by atoms with E-state index >= 15 is 0 Å². The van der Waals surface area contributed by atoms with E-state index < -0.39 is 18.1 Å². The van der Waals surface area contributed by atoms with Gasteiger partial charge in [-0.3, -0.25) is 15.1 Å². The fourth-order valence-corrected chi connectivity index (χ4v) is 7.80. The van der Waals surface area contributed by atoms with Gasteiger partial charge in [-0.05, 0) is 80.8 Å². The normalized spacial score (nSPS) is 27.5. The van der Waals surface area contributed by atoms with Crippen LogP contribution in [0.1, 0.15) is 62.7 Å². The number of rotatable bonds is 9. The van der Waals surface area contributed by atoms with Crippen LogP contribution < -0.4 is 16.0 Å². The minimum atomic E-state index is -1.17. The molecule has 214 valence electrons. The monoisotopic (exact) mass is 550 g/mol. The molecule has 40 heavy (non-hydrogen) atoms. The molecule has 2 aromatic rings. The number of aryl methyl sites for hydroxylation is 1. The van der Waals surface area contributed by atoms with Gasteiger partial charge >= 0.3 is 12.1 Å². The summed E-state index contributed by atoms with van der Waals surface area (Å²) in [5, 5.41) is 19.8. The fraction of sp³-hybridized carbons (Fsp3) is 0.600. The third-order valence-corrected chi connectivity index (χ3v) is 9.19. The van der Waals surface area contributed by atoms with Crippen LogP contribution in [0, 0.1) is 23.2 Å². The number of carbonyl (C=O) groups excluding carboxylic acids is 2. The number of nitrogens with zero attached hydrogens (tertiary/aromatic N) is 1. The number of benzene rings is 1. The molecule has 10 nitrogen and oxygen atoms in total. The lowest BCUT2D eigenvalue weighted by Gasteiger charge is -2.56. The highest BCUT2D eigenvalue weighted by Crippen LogP contribution is 2.60. The van der Waals surface area contributed by atoms with Crippen molar-refractivity contribution in [2.45, 2.75) is 70.3 Å². The van der Waals surface area contributed by atoms with E-state index in [0.29, 0.717) is 37.7 Å². The van der Waals surface area contributed by atoms with E-state index in [1.54, 1.807) is 6.26 Å². The number of carboxylic acid groups (broad SMARTS) is 1. The molecule has 4 N–H and O–H groups in total. The zero-order valence-corrected chi connectivity index (χ0v) is 22.7. The lowest BCUT2D eigenvalue weighted by Crippen LogP contribution is -2.49. The average Bonchev–Trinajstić information content (AvgIpc) is 3.32. The summed E-state index contributed by atoms with van der Waals surface area (Å²) in [6, 6.07) is 4.55. The number of carboxylic acids is 1. The zero-order chi connectivity index (χ0) is 27.7. The van der Waals surface area contributed by atoms with Crippen molar-refractivity contribution in [3.63, 3.8) is 0 Å². The van der Waals surface area contributed by atoms with Crippen LogP contribution in [-0.2, 0) is 27.2 Å². The van der Waals surface area contributed by atoms with Crippen LogP contribution >= 0.6 is 0 Å². The summed E-state index contributed by atoms with van der Waals surface area (Å²) >= 11 is 0. The van der Waals surface area contributed by atoms with Gasteiger partial charge in [0.15, 0.2) is 5.96 Å². The van der Waals surface area contributed by atoms with Crippen molar-refractivity contribution in [1.82, 2.24) is 16.0 Å². The topological polar surface area (TPSA) is 142 Å². The van der Waals surface area contributed by atoms with Crippen molar-refractivity contribution >= 4 is 34.7 Å². The number of nitrogens with one attached hydrogen (secondary N) is 3. The van der Waals surface area contributed by atoms with Gasteiger partial charge in [0.25, 0.3) is 0 Å². The van der Waals surface area contributed by atoms with Gasteiger partial charge in [-0.1, -0.05) is 12.1 Å². The molecule has 1 unspecified atom stereocenters. The summed E-state index contributed by atoms with van der Waals surface area (Å²) in [5.41, 5.74) is 1.04. The van der Waals surface area contributed by atoms with E-state index in [1.165, 1.54) is 19.3 Å². The van der Waals surface area contributed by atoms with Gasteiger partial charge in [0.2, 0.25) is 5.91 Å². The molecule has 10 heteroatoms. The van der Waals surface area contributed by atoms with Crippen molar-refractivity contribution in [2.75, 3.05) is 19.7 Å². The van der Waals surface area contributed by atoms with Gasteiger partial charge in [0.05, 0.1) is 12.9 Å². The predicted octanol–water partition coefficient (Wildman–Crippen LogP) is 3.77. The van der Waals surface area contributed by atoms with Gasteiger partial charge < -0.3 is 24.9 Å². The molecule has 0 saturated heterocycles. The molecule has 1 atom stereocenters. The third kappa shape index (κ3) is 5.95. The molecular weight excluding hydrogens is 512 g/mol. The van der Waals surface area contributed by atoms with E-state index in [9.17, 15) is 19.5 Å². The molecular formula is C30H38N4O6. The molecule has 2 heterocycles. The molecule has 0 radical (unpaired) electrons. The van der Waals surface area contributed by atoms with Crippen molar-refractivity contribution in [3.05, 3.63) is 35.8 Å². The maximum absolute atomic E-state index is 12.7. The number of aliphatic carboxylic acids is 1. The van der Waals surface area contributed by atoms with Crippen LogP contribution in [0.4, 0.5) is 4.79 Å². The van der Waals surface area contributed by atoms with Gasteiger partial charge in [0, 0.05) is 42.1 Å². The van der Waals surface area contributed by atoms with Crippen molar-refractivity contribution in [2.24, 2.45) is 28.2 Å². The minimum Gasteiger partial charge on any atom is -0.480 e. The zero-order valence-electron chi connectivity index (χ0n) is 22.7. The summed E-state index contributed by atoms with van der Waals surface area (Å²) in [5.74, 6) is 2.02. The number of furan rings is 1. The Labute approximate surface area is 233 Å². The second-order valence-corrected chi connectivity index (χ2v) is 12.4. The summed E-state index contributed by atoms with van der Waals surface area (Å²) in [7, 11) is 0. The fourth-order valence-electron chi connectivity index (χ4n) is 7.80. The van der Waals surface area contributed by atoms with Crippen molar-refractivity contribution < 1.29 is 28.6 Å². The highest BCUT2D eigenvalue weighted by Gasteiger charge is 2.51. The largest absolute Gasteiger partial charge is 0.480 e. The van der Waals surface area contributed by atoms with Crippen molar-refractivity contribution in [3.8, 4) is 0 Å². The Kier molecular flexibility index (Phi) is 7.42. The lowest BCUT2D eigenvalue weighted by atomic mass is 9.50. The number of fused-ring (bicyclic) bond motifs is 1. The number of ether oxygens (including phenoxy) is 1. The van der Waals surface area contributed by atoms with E-state index in [0.717, 1.165) is 66.3 Å². The van der Waals surface area contributed by atoms with Crippen LogP contribution in [0.25, 0.3) is 10.8 Å². The highest BCUT2D eigenvalue weighted by molar-refractivity contribution is 5.97. The predicted molar refractivity (Wildman–Crippen MR) is 148 cm³/mol. The average molecular weight is 551 g/mol. The summed E-state index contributed by atoms with van der Waals surface area (Å²) in [4.78, 5) is 41.2. The Hall–Kier alpha value is -3.56. The van der Waals surface area contributed by atoms with Gasteiger partial charge in [0.1, 0.15) is 11.8 Å². The van der Waals surface area contributed by atoms with Crippen LogP contribution in [0.5, 0.6) is 0 Å². The molecule has 4 fully saturated rings. The molecule has 0 spiro atoms. The SMILES string of the molecule is O=C(CCc1ccc2c(CC(NC(=O)OCC34CC5CC(CC(C5)C3)C4)C(=O)O)occ2c1)NC1=NCCCN1. The van der Waals surface area contributed by atoms with Crippen molar-refractivity contribution in [1.29, 1.82) is 0 Å². The highest BCUT2D eigenvalue weighted by atomic mass is 16.5. The second-order valence-electron chi connectivity index (χ2n) is 12.4. The number of carbonyl (C=O) groups is 3. The molecule has 1 aromatic carbocycles. The van der Waals surface area contributed by atoms with E-state index in [-0.39, 0.29) is 17.7 Å². The molecule has 1 aromatic heterocycles. The number of hydrogen-bond donors (Lipinski definition) is 4. The molecule has 4 saturated carbocycles. The second kappa shape index (κ2) is 11.1. The first-order valence-corrected chi connectivity index (χ1v) is 14.6. The van der Waals surface area contributed by atoms with Crippen LogP contribution in [-0.4, -0.2) is 54.8 Å². The summed E-state index contributed by atoms with van der Waals surface area (Å²) in [6.45, 7) is 1.88. The Morgan fingerprint density at radius 3 is 2.58 bits per heavy atom. The van der Waals surface area contributed by atoms with Gasteiger partial charge in [-0.15, -0.1) is 0 Å². The van der Waals surface area contributed by atoms with Crippen LogP contribution in [0.15, 0.2) is 33.9 Å². The summed E-state index contributed by atoms with van der Waals surface area (Å²) in [6.07, 6.45) is 10.0. The summed E-state index contributed by atoms with van der Waals surface area (Å²) < 4.78 is 11.4. The molecule has 2 amide bonds. The quantitative estimate of drug-likeness (QED) is 0.372. The Bertz CT molecular complexity index is 1280. The minimum absolute atomic E-state index is 0.00215. The number of hydrogen-bond acceptors (Lipinski definition) is 7. The van der Waals surface area contributed by atoms with E-state index in [4.69, 9.17) is 9.15 Å². The maximum atomic E-state index is 12.7. The first kappa shape index (κ1) is 26.7. The maximum Gasteiger partial charge on any atom is 0.407 e. The molecule has 4 bridgehead atoms. The van der Waals surface area contributed by atoms with Gasteiger partial charge in [-0.25, -0.2) is 9.59 Å². The molecule has 4 aliphatic carbocycles. The lowest BCUT2D eigenvalue weighted by molar-refractivity contribution is -0.139. The van der Waals surface area contributed by atoms with Crippen LogP contribution in [0.2, 0.25) is 0 Å². The van der Waals surface area contributed by atoms with Gasteiger partial charge in [-0.2, -0.15) is 0 Å². The first-order valence-electron chi connectivity index (χ1n) is 14.6. The molecule has 5 aliphatic rings. The first-order chi connectivity index (χ1) is 19.3. The number of alkyl carbamates (subject to hydrolysis) is 1. The van der Waals surface area contributed by atoms with Crippen LogP contribution in [0.3, 0.4) is 0 Å². The van der Waals surface area contributed by atoms with E-state index in [2.05, 4.69) is 20.9 Å². The number of guanidine groups is 1. The third-order valence-electron chi connectivity index (χ3n) is 9.19. The molecule has 1 aliphatic heterocycles. The van der Waals surface area contributed by atoms with E-state index in [1.807, 2.05) is 18.2 Å². The smallest absolute Gasteiger partial charge is 0.407 e. The standard InChI is InChI=1S/C30H38N4O6/c35-26(34-28-31-6-1-7-32-28)5-3-18-2-4-23-22(11-18)16-39-25(23)12-24(27(36)37)33-29(38)40-17-30-13-19-8-20(14-30)10-21(9-19)15-30/h2,4,11,16,19-21,24H,1,3,5-10,12-15,17H2,(H,33,38)(H,36,37)(H2,31,32,34,35). The Balaban J connectivity index is 1.02. The molecule has 7 rings (SSSR count). The Morgan fingerprint density at radius 2 is 1.90 bits per heavy atom. The Morgan fingerprint density at radius 1 is 1.15 bits per heavy atom.